The molecule has 1 rings (SSSR count). The fraction of sp³-hybridized carbons (Fsp3) is 0.545. The highest BCUT2D eigenvalue weighted by Crippen LogP contribution is 2.10. The Morgan fingerprint density at radius 2 is 2.18 bits per heavy atom. The second-order valence-electron chi connectivity index (χ2n) is 4.25. The molecule has 1 aromatic heterocycles. The van der Waals surface area contributed by atoms with Gasteiger partial charge in [0, 0.05) is 5.38 Å². The van der Waals surface area contributed by atoms with Gasteiger partial charge in [0.25, 0.3) is 5.91 Å². The van der Waals surface area contributed by atoms with Crippen molar-refractivity contribution in [3.63, 3.8) is 0 Å². The highest BCUT2D eigenvalue weighted by atomic mass is 32.1. The Labute approximate surface area is 104 Å². The molecule has 0 saturated heterocycles. The van der Waals surface area contributed by atoms with E-state index in [2.05, 4.69) is 10.3 Å². The molecule has 17 heavy (non-hydrogen) atoms. The molecule has 0 fully saturated rings. The minimum atomic E-state index is -1.01. The van der Waals surface area contributed by atoms with Crippen LogP contribution in [0.25, 0.3) is 0 Å². The van der Waals surface area contributed by atoms with Gasteiger partial charge in [0.1, 0.15) is 11.7 Å². The van der Waals surface area contributed by atoms with Crippen molar-refractivity contribution in [2.45, 2.75) is 33.2 Å². The van der Waals surface area contributed by atoms with Gasteiger partial charge in [-0.15, -0.1) is 11.3 Å². The molecule has 94 valence electrons. The Bertz CT molecular complexity index is 415. The number of thiazole rings is 1. The molecule has 6 heteroatoms. The van der Waals surface area contributed by atoms with Gasteiger partial charge in [-0.25, -0.2) is 9.78 Å². The van der Waals surface area contributed by atoms with Crippen molar-refractivity contribution in [1.29, 1.82) is 0 Å². The molecule has 0 bridgehead atoms. The third-order valence-electron chi connectivity index (χ3n) is 2.16. The number of aliphatic carboxylic acids is 1. The number of hydrogen-bond acceptors (Lipinski definition) is 4. The Morgan fingerprint density at radius 3 is 2.59 bits per heavy atom. The molecule has 0 aliphatic carbocycles. The largest absolute Gasteiger partial charge is 0.480 e. The van der Waals surface area contributed by atoms with Crippen LogP contribution < -0.4 is 5.32 Å². The van der Waals surface area contributed by atoms with E-state index in [0.717, 1.165) is 5.01 Å². The average molecular weight is 256 g/mol. The quantitative estimate of drug-likeness (QED) is 0.840. The number of carbonyl (C=O) groups is 2. The summed E-state index contributed by atoms with van der Waals surface area (Å²) in [5.74, 6) is -1.24. The molecular formula is C11H16N2O3S. The van der Waals surface area contributed by atoms with Crippen LogP contribution in [-0.4, -0.2) is 28.0 Å². The smallest absolute Gasteiger partial charge is 0.326 e. The van der Waals surface area contributed by atoms with E-state index in [1.54, 1.807) is 12.3 Å². The van der Waals surface area contributed by atoms with E-state index < -0.39 is 17.9 Å². The molecule has 0 aliphatic heterocycles. The monoisotopic (exact) mass is 256 g/mol. The second-order valence-corrected chi connectivity index (χ2v) is 5.31. The highest BCUT2D eigenvalue weighted by Gasteiger charge is 2.22. The van der Waals surface area contributed by atoms with Crippen molar-refractivity contribution < 1.29 is 14.7 Å². The lowest BCUT2D eigenvalue weighted by Crippen LogP contribution is -2.41. The summed E-state index contributed by atoms with van der Waals surface area (Å²) in [5.41, 5.74) is 0.280. The molecule has 0 radical (unpaired) electrons. The SMILES string of the molecule is Cc1nc(C(=O)NC(CC(C)C)C(=O)O)cs1. The maximum absolute atomic E-state index is 11.7. The summed E-state index contributed by atoms with van der Waals surface area (Å²) in [7, 11) is 0. The van der Waals surface area contributed by atoms with Gasteiger partial charge in [-0.05, 0) is 19.3 Å². The van der Waals surface area contributed by atoms with Crippen LogP contribution in [0.15, 0.2) is 5.38 Å². The van der Waals surface area contributed by atoms with E-state index >= 15 is 0 Å². The molecule has 1 heterocycles. The molecule has 0 saturated carbocycles. The molecule has 1 aromatic rings. The van der Waals surface area contributed by atoms with E-state index in [-0.39, 0.29) is 11.6 Å². The number of aryl methyl sites for hydroxylation is 1. The van der Waals surface area contributed by atoms with Crippen molar-refractivity contribution >= 4 is 23.2 Å². The standard InChI is InChI=1S/C11H16N2O3S/c1-6(2)4-8(11(15)16)13-10(14)9-5-17-7(3)12-9/h5-6,8H,4H2,1-3H3,(H,13,14)(H,15,16). The van der Waals surface area contributed by atoms with Crippen LogP contribution in [0.1, 0.15) is 35.8 Å². The predicted molar refractivity (Wildman–Crippen MR) is 65.2 cm³/mol. The molecule has 1 unspecified atom stereocenters. The van der Waals surface area contributed by atoms with Crippen LogP contribution in [-0.2, 0) is 4.79 Å². The number of rotatable bonds is 5. The van der Waals surface area contributed by atoms with Crippen LogP contribution in [0, 0.1) is 12.8 Å². The van der Waals surface area contributed by atoms with Gasteiger partial charge in [0.15, 0.2) is 0 Å². The number of hydrogen-bond donors (Lipinski definition) is 2. The van der Waals surface area contributed by atoms with Gasteiger partial charge in [0.05, 0.1) is 5.01 Å². The predicted octanol–water partition coefficient (Wildman–Crippen LogP) is 1.68. The zero-order valence-corrected chi connectivity index (χ0v) is 10.9. The van der Waals surface area contributed by atoms with Gasteiger partial charge >= 0.3 is 5.97 Å². The van der Waals surface area contributed by atoms with Crippen LogP contribution in [0.2, 0.25) is 0 Å². The number of nitrogens with one attached hydrogen (secondary N) is 1. The van der Waals surface area contributed by atoms with E-state index in [1.807, 2.05) is 13.8 Å². The van der Waals surface area contributed by atoms with E-state index in [1.165, 1.54) is 11.3 Å². The zero-order chi connectivity index (χ0) is 13.0. The van der Waals surface area contributed by atoms with Crippen LogP contribution >= 0.6 is 11.3 Å². The highest BCUT2D eigenvalue weighted by molar-refractivity contribution is 7.09. The first-order valence-electron chi connectivity index (χ1n) is 5.36. The number of aromatic nitrogens is 1. The van der Waals surface area contributed by atoms with Crippen LogP contribution in [0.3, 0.4) is 0 Å². The molecule has 0 aromatic carbocycles. The van der Waals surface area contributed by atoms with E-state index in [0.29, 0.717) is 6.42 Å². The first-order valence-corrected chi connectivity index (χ1v) is 6.24. The lowest BCUT2D eigenvalue weighted by atomic mass is 10.0. The Hall–Kier alpha value is -1.43. The number of carboxylic acid groups (broad SMARTS) is 1. The lowest BCUT2D eigenvalue weighted by molar-refractivity contribution is -0.139. The molecule has 0 spiro atoms. The van der Waals surface area contributed by atoms with Gasteiger partial charge in [-0.2, -0.15) is 0 Å². The first-order chi connectivity index (χ1) is 7.90. The summed E-state index contributed by atoms with van der Waals surface area (Å²) in [6, 6.07) is -0.857. The summed E-state index contributed by atoms with van der Waals surface area (Å²) in [4.78, 5) is 26.7. The van der Waals surface area contributed by atoms with Crippen molar-refractivity contribution in [2.75, 3.05) is 0 Å². The fourth-order valence-corrected chi connectivity index (χ4v) is 1.99. The van der Waals surface area contributed by atoms with Gasteiger partial charge in [0.2, 0.25) is 0 Å². The van der Waals surface area contributed by atoms with E-state index in [9.17, 15) is 9.59 Å². The summed E-state index contributed by atoms with van der Waals surface area (Å²) in [6.07, 6.45) is 0.407. The van der Waals surface area contributed by atoms with Crippen molar-refractivity contribution in [3.8, 4) is 0 Å². The molecule has 0 aliphatic rings. The van der Waals surface area contributed by atoms with Crippen molar-refractivity contribution in [1.82, 2.24) is 10.3 Å². The third-order valence-corrected chi connectivity index (χ3v) is 2.94. The summed E-state index contributed by atoms with van der Waals surface area (Å²) < 4.78 is 0. The topological polar surface area (TPSA) is 79.3 Å². The first kappa shape index (κ1) is 13.6. The fourth-order valence-electron chi connectivity index (χ4n) is 1.39. The second kappa shape index (κ2) is 5.77. The van der Waals surface area contributed by atoms with Gasteiger partial charge in [-0.3, -0.25) is 4.79 Å². The Kier molecular flexibility index (Phi) is 4.62. The maximum atomic E-state index is 11.7. The zero-order valence-electron chi connectivity index (χ0n) is 10.1. The Morgan fingerprint density at radius 1 is 1.53 bits per heavy atom. The summed E-state index contributed by atoms with van der Waals surface area (Å²) in [6.45, 7) is 5.62. The Balaban J connectivity index is 2.67. The number of nitrogens with zero attached hydrogens (tertiary/aromatic N) is 1. The molecule has 1 amide bonds. The van der Waals surface area contributed by atoms with Crippen LogP contribution in [0.4, 0.5) is 0 Å². The van der Waals surface area contributed by atoms with Crippen molar-refractivity contribution in [2.24, 2.45) is 5.92 Å². The minimum absolute atomic E-state index is 0.202. The third kappa shape index (κ3) is 4.14. The van der Waals surface area contributed by atoms with Crippen LogP contribution in [0.5, 0.6) is 0 Å². The number of amides is 1. The molecule has 2 N–H and O–H groups in total. The van der Waals surface area contributed by atoms with Crippen molar-refractivity contribution in [3.05, 3.63) is 16.1 Å². The van der Waals surface area contributed by atoms with Gasteiger partial charge < -0.3 is 10.4 Å². The molecular weight excluding hydrogens is 240 g/mol. The number of carbonyl (C=O) groups excluding carboxylic acids is 1. The summed E-state index contributed by atoms with van der Waals surface area (Å²) in [5, 5.41) is 13.9. The average Bonchev–Trinajstić information content (AvgIpc) is 2.63. The lowest BCUT2D eigenvalue weighted by Gasteiger charge is -2.15. The molecule has 1 atom stereocenters. The summed E-state index contributed by atoms with van der Waals surface area (Å²) >= 11 is 1.36. The van der Waals surface area contributed by atoms with Gasteiger partial charge in [-0.1, -0.05) is 13.8 Å². The molecule has 5 nitrogen and oxygen atoms in total. The minimum Gasteiger partial charge on any atom is -0.480 e. The normalized spacial score (nSPS) is 12.5. The number of carboxylic acids is 1. The maximum Gasteiger partial charge on any atom is 0.326 e. The van der Waals surface area contributed by atoms with E-state index in [4.69, 9.17) is 5.11 Å².